The molecule has 0 aliphatic rings. The van der Waals surface area contributed by atoms with Crippen LogP contribution in [0.5, 0.6) is 0 Å². The number of anilines is 1. The molecule has 1 amide bonds. The quantitative estimate of drug-likeness (QED) is 0.819. The first kappa shape index (κ1) is 11.6. The molecule has 1 N–H and O–H groups in total. The first-order chi connectivity index (χ1) is 8.06. The molecule has 2 aromatic rings. The van der Waals surface area contributed by atoms with Crippen LogP contribution in [0.4, 0.5) is 5.69 Å². The van der Waals surface area contributed by atoms with Crippen molar-refractivity contribution in [3.05, 3.63) is 35.6 Å². The van der Waals surface area contributed by atoms with E-state index in [4.69, 9.17) is 11.6 Å². The summed E-state index contributed by atoms with van der Waals surface area (Å²) in [5.74, 6) is -0.148. The number of aromatic nitrogens is 3. The van der Waals surface area contributed by atoms with Gasteiger partial charge in [0.2, 0.25) is 5.91 Å². The Labute approximate surface area is 104 Å². The van der Waals surface area contributed by atoms with Crippen LogP contribution in [0.2, 0.25) is 5.02 Å². The van der Waals surface area contributed by atoms with E-state index in [9.17, 15) is 4.79 Å². The third-order valence-electron chi connectivity index (χ3n) is 2.19. The molecule has 1 aromatic carbocycles. The van der Waals surface area contributed by atoms with Crippen molar-refractivity contribution in [1.29, 1.82) is 0 Å². The molecule has 0 spiro atoms. The van der Waals surface area contributed by atoms with Gasteiger partial charge in [-0.1, -0.05) is 11.6 Å². The predicted molar refractivity (Wildman–Crippen MR) is 64.1 cm³/mol. The van der Waals surface area contributed by atoms with Crippen molar-refractivity contribution in [3.63, 3.8) is 0 Å². The van der Waals surface area contributed by atoms with Gasteiger partial charge in [-0.2, -0.15) is 0 Å². The van der Waals surface area contributed by atoms with Crippen molar-refractivity contribution in [2.45, 2.75) is 6.92 Å². The molecule has 0 aliphatic carbocycles. The fraction of sp³-hybridized carbons (Fsp3) is 0.182. The van der Waals surface area contributed by atoms with Crippen LogP contribution >= 0.6 is 11.6 Å². The van der Waals surface area contributed by atoms with Crippen molar-refractivity contribution >= 4 is 23.2 Å². The Morgan fingerprint density at radius 1 is 1.53 bits per heavy atom. The van der Waals surface area contributed by atoms with E-state index in [-0.39, 0.29) is 5.91 Å². The number of benzene rings is 1. The van der Waals surface area contributed by atoms with E-state index in [1.165, 1.54) is 6.92 Å². The number of aryl methyl sites for hydroxylation is 1. The number of amides is 1. The van der Waals surface area contributed by atoms with Crippen molar-refractivity contribution < 1.29 is 9.48 Å². The Balaban J connectivity index is 2.33. The Kier molecular flexibility index (Phi) is 3.10. The lowest BCUT2D eigenvalue weighted by Gasteiger charge is -2.04. The van der Waals surface area contributed by atoms with E-state index in [1.54, 1.807) is 21.5 Å². The van der Waals surface area contributed by atoms with Gasteiger partial charge in [0, 0.05) is 13.0 Å². The molecule has 0 saturated carbocycles. The third kappa shape index (κ3) is 2.62. The normalized spacial score (nSPS) is 10.3. The summed E-state index contributed by atoms with van der Waals surface area (Å²) in [6.07, 6.45) is 3.65. The number of hydrogen-bond donors (Lipinski definition) is 1. The second-order valence-electron chi connectivity index (χ2n) is 3.65. The lowest BCUT2D eigenvalue weighted by molar-refractivity contribution is -0.731. The highest BCUT2D eigenvalue weighted by molar-refractivity contribution is 6.33. The third-order valence-corrected chi connectivity index (χ3v) is 2.50. The number of carbonyl (C=O) groups excluding carboxylic acids is 1. The lowest BCUT2D eigenvalue weighted by Crippen LogP contribution is -2.30. The zero-order chi connectivity index (χ0) is 12.4. The van der Waals surface area contributed by atoms with E-state index in [2.05, 4.69) is 10.5 Å². The number of nitrogens with one attached hydrogen (secondary N) is 1. The highest BCUT2D eigenvalue weighted by Crippen LogP contribution is 2.24. The van der Waals surface area contributed by atoms with E-state index < -0.39 is 0 Å². The van der Waals surface area contributed by atoms with Gasteiger partial charge in [0.25, 0.3) is 0 Å². The Bertz CT molecular complexity index is 564. The standard InChI is InChI=1S/C11H11ClN4O/c1-8(17)13-11-4-3-9(7-10(11)12)16-6-5-15(2)14-16/h3-7H,1-2H3/p+1. The first-order valence-corrected chi connectivity index (χ1v) is 5.43. The van der Waals surface area contributed by atoms with Crippen molar-refractivity contribution in [2.75, 3.05) is 5.32 Å². The second-order valence-corrected chi connectivity index (χ2v) is 4.06. The number of halogens is 1. The summed E-state index contributed by atoms with van der Waals surface area (Å²) in [5, 5.41) is 7.33. The van der Waals surface area contributed by atoms with Crippen LogP contribution in [-0.4, -0.2) is 15.8 Å². The number of rotatable bonds is 2. The van der Waals surface area contributed by atoms with Gasteiger partial charge in [-0.15, -0.1) is 9.36 Å². The van der Waals surface area contributed by atoms with Gasteiger partial charge in [-0.05, 0) is 12.1 Å². The average molecular weight is 252 g/mol. The Hall–Kier alpha value is -1.88. The van der Waals surface area contributed by atoms with Gasteiger partial charge in [-0.3, -0.25) is 4.79 Å². The topological polar surface area (TPSA) is 50.8 Å². The van der Waals surface area contributed by atoms with Gasteiger partial charge in [0.15, 0.2) is 18.1 Å². The van der Waals surface area contributed by atoms with Crippen LogP contribution in [0, 0.1) is 0 Å². The predicted octanol–water partition coefficient (Wildman–Crippen LogP) is 1.31. The van der Waals surface area contributed by atoms with Gasteiger partial charge < -0.3 is 5.32 Å². The Morgan fingerprint density at radius 3 is 2.82 bits per heavy atom. The monoisotopic (exact) mass is 251 g/mol. The van der Waals surface area contributed by atoms with Gasteiger partial charge in [0.05, 0.1) is 15.9 Å². The average Bonchev–Trinajstić information content (AvgIpc) is 2.67. The summed E-state index contributed by atoms with van der Waals surface area (Å²) >= 11 is 6.07. The summed E-state index contributed by atoms with van der Waals surface area (Å²) in [6.45, 7) is 1.44. The van der Waals surface area contributed by atoms with Gasteiger partial charge >= 0.3 is 0 Å². The maximum Gasteiger partial charge on any atom is 0.221 e. The maximum absolute atomic E-state index is 10.9. The molecule has 1 aromatic heterocycles. The molecule has 0 unspecified atom stereocenters. The van der Waals surface area contributed by atoms with Gasteiger partial charge in [0.1, 0.15) is 7.05 Å². The molecule has 5 nitrogen and oxygen atoms in total. The summed E-state index contributed by atoms with van der Waals surface area (Å²) in [7, 11) is 1.84. The van der Waals surface area contributed by atoms with E-state index in [0.717, 1.165) is 5.69 Å². The highest BCUT2D eigenvalue weighted by Gasteiger charge is 2.09. The minimum absolute atomic E-state index is 0.148. The minimum atomic E-state index is -0.148. The summed E-state index contributed by atoms with van der Waals surface area (Å²) < 4.78 is 3.39. The zero-order valence-electron chi connectivity index (χ0n) is 9.51. The van der Waals surface area contributed by atoms with Crippen LogP contribution in [-0.2, 0) is 11.8 Å². The van der Waals surface area contributed by atoms with Crippen molar-refractivity contribution in [3.8, 4) is 5.69 Å². The molecular weight excluding hydrogens is 240 g/mol. The van der Waals surface area contributed by atoms with Gasteiger partial charge in [-0.25, -0.2) is 0 Å². The van der Waals surface area contributed by atoms with Crippen LogP contribution < -0.4 is 10.00 Å². The number of nitrogens with zero attached hydrogens (tertiary/aromatic N) is 3. The molecule has 88 valence electrons. The zero-order valence-corrected chi connectivity index (χ0v) is 10.3. The lowest BCUT2D eigenvalue weighted by atomic mass is 10.3. The molecule has 0 aliphatic heterocycles. The molecule has 0 fully saturated rings. The van der Waals surface area contributed by atoms with Crippen LogP contribution in [0.15, 0.2) is 30.6 Å². The summed E-state index contributed by atoms with van der Waals surface area (Å²) in [5.41, 5.74) is 1.43. The largest absolute Gasteiger partial charge is 0.325 e. The molecule has 0 atom stereocenters. The second kappa shape index (κ2) is 4.55. The van der Waals surface area contributed by atoms with Crippen molar-refractivity contribution in [1.82, 2.24) is 9.90 Å². The molecule has 2 rings (SSSR count). The van der Waals surface area contributed by atoms with Crippen LogP contribution in [0.25, 0.3) is 5.69 Å². The molecule has 1 heterocycles. The Morgan fingerprint density at radius 2 is 2.29 bits per heavy atom. The summed E-state index contributed by atoms with van der Waals surface area (Å²) in [4.78, 5) is 10.9. The fourth-order valence-electron chi connectivity index (χ4n) is 1.45. The fourth-order valence-corrected chi connectivity index (χ4v) is 1.67. The molecule has 0 radical (unpaired) electrons. The minimum Gasteiger partial charge on any atom is -0.325 e. The number of hydrogen-bond acceptors (Lipinski definition) is 2. The number of carbonyl (C=O) groups is 1. The van der Waals surface area contributed by atoms with Crippen molar-refractivity contribution in [2.24, 2.45) is 7.05 Å². The van der Waals surface area contributed by atoms with E-state index in [0.29, 0.717) is 10.7 Å². The molecule has 6 heteroatoms. The molecule has 0 saturated heterocycles. The van der Waals surface area contributed by atoms with Crippen LogP contribution in [0.1, 0.15) is 6.92 Å². The highest BCUT2D eigenvalue weighted by atomic mass is 35.5. The molecular formula is C11H12ClN4O+. The van der Waals surface area contributed by atoms with Crippen LogP contribution in [0.3, 0.4) is 0 Å². The summed E-state index contributed by atoms with van der Waals surface area (Å²) in [6, 6.07) is 5.34. The molecule has 0 bridgehead atoms. The maximum atomic E-state index is 10.9. The molecule has 17 heavy (non-hydrogen) atoms. The first-order valence-electron chi connectivity index (χ1n) is 5.05. The van der Waals surface area contributed by atoms with E-state index >= 15 is 0 Å². The SMILES string of the molecule is CC(=O)Nc1ccc(-n2cc[n+](C)n2)cc1Cl. The van der Waals surface area contributed by atoms with E-state index in [1.807, 2.05) is 25.5 Å². The smallest absolute Gasteiger partial charge is 0.221 e.